The van der Waals surface area contributed by atoms with E-state index in [2.05, 4.69) is 16.7 Å². The minimum atomic E-state index is -0.602. The van der Waals surface area contributed by atoms with Crippen molar-refractivity contribution in [3.8, 4) is 0 Å². The lowest BCUT2D eigenvalue weighted by atomic mass is 9.97. The van der Waals surface area contributed by atoms with Crippen LogP contribution in [-0.2, 0) is 9.59 Å². The lowest BCUT2D eigenvalue weighted by Crippen LogP contribution is -2.41. The first-order chi connectivity index (χ1) is 12.7. The third-order valence-corrected chi connectivity index (χ3v) is 5.32. The van der Waals surface area contributed by atoms with Crippen LogP contribution >= 0.6 is 11.3 Å². The number of hydrogen-bond acceptors (Lipinski definition) is 4. The van der Waals surface area contributed by atoms with Crippen LogP contribution in [0.1, 0.15) is 49.3 Å². The molecule has 2 N–H and O–H groups in total. The minimum absolute atomic E-state index is 0.0969. The fraction of sp³-hybridized carbons (Fsp3) is 0.400. The highest BCUT2D eigenvalue weighted by Gasteiger charge is 2.20. The van der Waals surface area contributed by atoms with Crippen LogP contribution in [0.2, 0.25) is 0 Å². The van der Waals surface area contributed by atoms with Gasteiger partial charge in [0.15, 0.2) is 0 Å². The highest BCUT2D eigenvalue weighted by atomic mass is 32.1. The van der Waals surface area contributed by atoms with Crippen LogP contribution < -0.4 is 10.6 Å². The number of carbonyl (C=O) groups is 2. The van der Waals surface area contributed by atoms with Crippen LogP contribution in [0.3, 0.4) is 0 Å². The van der Waals surface area contributed by atoms with Gasteiger partial charge in [0.05, 0.1) is 12.2 Å². The van der Waals surface area contributed by atoms with E-state index in [9.17, 15) is 9.59 Å². The van der Waals surface area contributed by atoms with Crippen molar-refractivity contribution in [2.45, 2.75) is 38.0 Å². The molecule has 0 saturated carbocycles. The zero-order chi connectivity index (χ0) is 18.2. The molecule has 3 rings (SSSR count). The monoisotopic (exact) mass is 372 g/mol. The molecule has 6 heteroatoms. The zero-order valence-corrected chi connectivity index (χ0v) is 15.5. The van der Waals surface area contributed by atoms with Crippen LogP contribution in [0.25, 0.3) is 0 Å². The summed E-state index contributed by atoms with van der Waals surface area (Å²) >= 11 is 1.59. The summed E-state index contributed by atoms with van der Waals surface area (Å²) in [6.07, 6.45) is 9.39. The van der Waals surface area contributed by atoms with Crippen molar-refractivity contribution in [1.82, 2.24) is 10.6 Å². The van der Waals surface area contributed by atoms with Crippen molar-refractivity contribution in [2.24, 2.45) is 0 Å². The molecule has 0 bridgehead atoms. The van der Waals surface area contributed by atoms with Gasteiger partial charge in [-0.1, -0.05) is 11.6 Å². The van der Waals surface area contributed by atoms with Crippen molar-refractivity contribution in [2.75, 3.05) is 13.1 Å². The first kappa shape index (κ1) is 18.5. The maximum atomic E-state index is 12.1. The fourth-order valence-electron chi connectivity index (χ4n) is 3.17. The highest BCUT2D eigenvalue weighted by Crippen LogP contribution is 2.26. The Bertz CT molecular complexity index is 701. The summed E-state index contributed by atoms with van der Waals surface area (Å²) in [6.45, 7) is 0.825. The van der Waals surface area contributed by atoms with E-state index < -0.39 is 11.8 Å². The van der Waals surface area contributed by atoms with Crippen LogP contribution in [0.15, 0.2) is 51.3 Å². The molecule has 1 aliphatic carbocycles. The zero-order valence-electron chi connectivity index (χ0n) is 14.7. The van der Waals surface area contributed by atoms with E-state index in [1.807, 2.05) is 29.0 Å². The minimum Gasteiger partial charge on any atom is -0.469 e. The van der Waals surface area contributed by atoms with Gasteiger partial charge in [-0.2, -0.15) is 11.3 Å². The number of hydrogen-bond donors (Lipinski definition) is 2. The first-order valence-electron chi connectivity index (χ1n) is 9.03. The molecule has 1 atom stereocenters. The van der Waals surface area contributed by atoms with E-state index in [0.717, 1.165) is 30.6 Å². The average Bonchev–Trinajstić information content (AvgIpc) is 3.37. The molecule has 26 heavy (non-hydrogen) atoms. The number of furan rings is 1. The van der Waals surface area contributed by atoms with Crippen LogP contribution in [0.4, 0.5) is 0 Å². The van der Waals surface area contributed by atoms with Crippen LogP contribution in [0, 0.1) is 0 Å². The summed E-state index contributed by atoms with van der Waals surface area (Å²) in [7, 11) is 0. The Morgan fingerprint density at radius 2 is 2.08 bits per heavy atom. The van der Waals surface area contributed by atoms with Gasteiger partial charge in [-0.05, 0) is 66.6 Å². The van der Waals surface area contributed by atoms with Gasteiger partial charge in [-0.25, -0.2) is 0 Å². The van der Waals surface area contributed by atoms with Gasteiger partial charge >= 0.3 is 11.8 Å². The quantitative estimate of drug-likeness (QED) is 0.576. The van der Waals surface area contributed by atoms with Crippen molar-refractivity contribution >= 4 is 23.2 Å². The number of thiophene rings is 1. The maximum absolute atomic E-state index is 12.1. The Morgan fingerprint density at radius 3 is 2.77 bits per heavy atom. The molecule has 1 unspecified atom stereocenters. The molecular formula is C20H24N2O3S. The molecular weight excluding hydrogens is 348 g/mol. The van der Waals surface area contributed by atoms with Crippen LogP contribution in [0.5, 0.6) is 0 Å². The van der Waals surface area contributed by atoms with Gasteiger partial charge in [0, 0.05) is 13.1 Å². The maximum Gasteiger partial charge on any atom is 0.309 e. The van der Waals surface area contributed by atoms with Crippen LogP contribution in [-0.4, -0.2) is 24.9 Å². The van der Waals surface area contributed by atoms with E-state index in [1.54, 1.807) is 17.6 Å². The Morgan fingerprint density at radius 1 is 1.19 bits per heavy atom. The predicted molar refractivity (Wildman–Crippen MR) is 102 cm³/mol. The Hall–Kier alpha value is -2.34. The largest absolute Gasteiger partial charge is 0.469 e. The average molecular weight is 372 g/mol. The second-order valence-electron chi connectivity index (χ2n) is 6.45. The molecule has 2 heterocycles. The van der Waals surface area contributed by atoms with Crippen molar-refractivity contribution < 1.29 is 14.0 Å². The molecule has 0 fully saturated rings. The van der Waals surface area contributed by atoms with Gasteiger partial charge in [0.25, 0.3) is 0 Å². The van der Waals surface area contributed by atoms with E-state index >= 15 is 0 Å². The number of allylic oxidation sites excluding steroid dienone is 1. The van der Waals surface area contributed by atoms with Gasteiger partial charge in [-0.3, -0.25) is 9.59 Å². The number of carbonyl (C=O) groups excluding carboxylic acids is 2. The standard InChI is InChI=1S/C20H24N2O3S/c23-19(21-10-8-15-5-2-1-3-6-15)20(24)22-13-17(16-9-12-26-14-16)18-7-4-11-25-18/h4-5,7,9,11-12,14,17H,1-3,6,8,10,13H2,(H,21,23)(H,22,24). The van der Waals surface area contributed by atoms with Gasteiger partial charge in [-0.15, -0.1) is 0 Å². The molecule has 0 spiro atoms. The van der Waals surface area contributed by atoms with E-state index in [-0.39, 0.29) is 5.92 Å². The second-order valence-corrected chi connectivity index (χ2v) is 7.23. The van der Waals surface area contributed by atoms with E-state index in [0.29, 0.717) is 13.1 Å². The molecule has 0 aliphatic heterocycles. The molecule has 1 aliphatic rings. The molecule has 138 valence electrons. The summed E-state index contributed by atoms with van der Waals surface area (Å²) in [5.41, 5.74) is 2.45. The van der Waals surface area contributed by atoms with Crippen molar-refractivity contribution in [3.63, 3.8) is 0 Å². The summed E-state index contributed by atoms with van der Waals surface area (Å²) in [5, 5.41) is 9.45. The normalized spacial score (nSPS) is 15.2. The topological polar surface area (TPSA) is 71.3 Å². The van der Waals surface area contributed by atoms with E-state index in [1.165, 1.54) is 18.4 Å². The first-order valence-corrected chi connectivity index (χ1v) is 9.98. The van der Waals surface area contributed by atoms with Gasteiger partial charge < -0.3 is 15.1 Å². The Balaban J connectivity index is 1.47. The summed E-state index contributed by atoms with van der Waals surface area (Å²) < 4.78 is 5.49. The van der Waals surface area contributed by atoms with Gasteiger partial charge in [0.2, 0.25) is 0 Å². The lowest BCUT2D eigenvalue weighted by Gasteiger charge is -2.15. The van der Waals surface area contributed by atoms with Crippen molar-refractivity contribution in [3.05, 3.63) is 58.2 Å². The fourth-order valence-corrected chi connectivity index (χ4v) is 3.88. The smallest absolute Gasteiger partial charge is 0.309 e. The molecule has 2 aromatic heterocycles. The molecule has 2 amide bonds. The summed E-state index contributed by atoms with van der Waals surface area (Å²) in [4.78, 5) is 24.1. The predicted octanol–water partition coefficient (Wildman–Crippen LogP) is 3.60. The molecule has 0 saturated heterocycles. The number of rotatable bonds is 7. The summed E-state index contributed by atoms with van der Waals surface area (Å²) in [5.74, 6) is -0.506. The Labute approximate surface area is 157 Å². The Kier molecular flexibility index (Phi) is 6.66. The molecule has 5 nitrogen and oxygen atoms in total. The van der Waals surface area contributed by atoms with E-state index in [4.69, 9.17) is 4.42 Å². The SMILES string of the molecule is O=C(NCCC1=CCCCC1)C(=O)NCC(c1ccsc1)c1ccco1. The number of nitrogens with one attached hydrogen (secondary N) is 2. The van der Waals surface area contributed by atoms with Gasteiger partial charge in [0.1, 0.15) is 5.76 Å². The molecule has 0 radical (unpaired) electrons. The lowest BCUT2D eigenvalue weighted by molar-refractivity contribution is -0.139. The summed E-state index contributed by atoms with van der Waals surface area (Å²) in [6, 6.07) is 5.71. The third-order valence-electron chi connectivity index (χ3n) is 4.62. The molecule has 0 aromatic carbocycles. The number of amides is 2. The van der Waals surface area contributed by atoms with Crippen molar-refractivity contribution in [1.29, 1.82) is 0 Å². The third kappa shape index (κ3) is 5.08. The highest BCUT2D eigenvalue weighted by molar-refractivity contribution is 7.08. The molecule has 2 aromatic rings. The second kappa shape index (κ2) is 9.38.